The molecule has 0 spiro atoms. The van der Waals surface area contributed by atoms with Crippen LogP contribution < -0.4 is 10.4 Å². The third-order valence-electron chi connectivity index (χ3n) is 3.09. The van der Waals surface area contributed by atoms with E-state index in [1.54, 1.807) is 30.3 Å². The number of carbonyl (C=O) groups is 1. The van der Waals surface area contributed by atoms with Crippen LogP contribution in [0, 0.1) is 6.92 Å². The van der Waals surface area contributed by atoms with Crippen molar-refractivity contribution in [2.45, 2.75) is 6.92 Å². The molecule has 0 aliphatic rings. The van der Waals surface area contributed by atoms with Gasteiger partial charge >= 0.3 is 5.63 Å². The topological polar surface area (TPSA) is 69.7 Å². The summed E-state index contributed by atoms with van der Waals surface area (Å²) in [4.78, 5) is 23.1. The van der Waals surface area contributed by atoms with Gasteiger partial charge in [-0.1, -0.05) is 0 Å². The van der Waals surface area contributed by atoms with Gasteiger partial charge in [0, 0.05) is 17.5 Å². The normalized spacial score (nSPS) is 10.7. The minimum atomic E-state index is -0.413. The summed E-state index contributed by atoms with van der Waals surface area (Å²) in [5.41, 5.74) is 0.853. The highest BCUT2D eigenvalue weighted by atomic mass is 16.5. The second-order valence-corrected chi connectivity index (χ2v) is 4.60. The van der Waals surface area contributed by atoms with E-state index in [1.807, 2.05) is 6.92 Å². The molecule has 2 heterocycles. The summed E-state index contributed by atoms with van der Waals surface area (Å²) < 4.78 is 15.5. The van der Waals surface area contributed by atoms with Crippen molar-refractivity contribution in [1.82, 2.24) is 0 Å². The molecule has 0 atom stereocenters. The lowest BCUT2D eigenvalue weighted by atomic mass is 10.1. The minimum absolute atomic E-state index is 0.144. The summed E-state index contributed by atoms with van der Waals surface area (Å²) in [6.45, 7) is 1.69. The first-order valence-corrected chi connectivity index (χ1v) is 6.37. The molecule has 0 bridgehead atoms. The fourth-order valence-corrected chi connectivity index (χ4v) is 2.05. The number of hydrogen-bond donors (Lipinski definition) is 0. The van der Waals surface area contributed by atoms with E-state index in [9.17, 15) is 9.59 Å². The van der Waals surface area contributed by atoms with Crippen LogP contribution in [0.5, 0.6) is 5.75 Å². The average Bonchev–Trinajstić information content (AvgIpc) is 2.98. The van der Waals surface area contributed by atoms with E-state index >= 15 is 0 Å². The maximum atomic E-state index is 11.8. The molecule has 1 aromatic carbocycles. The van der Waals surface area contributed by atoms with E-state index in [2.05, 4.69) is 0 Å². The van der Waals surface area contributed by atoms with Gasteiger partial charge < -0.3 is 13.6 Å². The molecule has 0 radical (unpaired) electrons. The number of furan rings is 1. The lowest BCUT2D eigenvalue weighted by molar-refractivity contribution is 0.0894. The first-order valence-electron chi connectivity index (χ1n) is 6.37. The zero-order valence-corrected chi connectivity index (χ0v) is 11.3. The molecule has 0 saturated heterocycles. The predicted octanol–water partition coefficient (Wildman–Crippen LogP) is 2.96. The third-order valence-corrected chi connectivity index (χ3v) is 3.09. The number of ether oxygens (including phenoxy) is 1. The van der Waals surface area contributed by atoms with E-state index in [4.69, 9.17) is 13.6 Å². The van der Waals surface area contributed by atoms with Crippen molar-refractivity contribution < 1.29 is 18.4 Å². The number of fused-ring (bicyclic) bond motifs is 1. The van der Waals surface area contributed by atoms with Crippen LogP contribution in [0.1, 0.15) is 16.1 Å². The predicted molar refractivity (Wildman–Crippen MR) is 75.8 cm³/mol. The van der Waals surface area contributed by atoms with Gasteiger partial charge in [0.15, 0.2) is 12.4 Å². The number of hydrogen-bond acceptors (Lipinski definition) is 5. The molecule has 3 aromatic rings. The Balaban J connectivity index is 1.82. The first kappa shape index (κ1) is 13.2. The number of aryl methyl sites for hydroxylation is 1. The largest absolute Gasteiger partial charge is 0.485 e. The van der Waals surface area contributed by atoms with Gasteiger partial charge in [0.2, 0.25) is 5.78 Å². The highest BCUT2D eigenvalue weighted by Crippen LogP contribution is 2.22. The van der Waals surface area contributed by atoms with Gasteiger partial charge in [-0.25, -0.2) is 4.79 Å². The Kier molecular flexibility index (Phi) is 3.31. The molecule has 0 N–H and O–H groups in total. The van der Waals surface area contributed by atoms with E-state index in [-0.39, 0.29) is 18.2 Å². The Morgan fingerprint density at radius 1 is 1.24 bits per heavy atom. The standard InChI is InChI=1S/C16H12O5/c1-10-7-16(18)21-15-8-11(4-5-12(10)15)20-9-13(17)14-3-2-6-19-14/h2-8H,9H2,1H3. The number of rotatable bonds is 4. The van der Waals surface area contributed by atoms with Crippen molar-refractivity contribution in [2.75, 3.05) is 6.61 Å². The number of benzene rings is 1. The van der Waals surface area contributed by atoms with Gasteiger partial charge in [0.05, 0.1) is 6.26 Å². The summed E-state index contributed by atoms with van der Waals surface area (Å²) >= 11 is 0. The SMILES string of the molecule is Cc1cc(=O)oc2cc(OCC(=O)c3ccco3)ccc12. The Morgan fingerprint density at radius 2 is 2.10 bits per heavy atom. The third kappa shape index (κ3) is 2.72. The average molecular weight is 284 g/mol. The van der Waals surface area contributed by atoms with Gasteiger partial charge in [-0.15, -0.1) is 0 Å². The van der Waals surface area contributed by atoms with Crippen molar-refractivity contribution in [1.29, 1.82) is 0 Å². The number of Topliss-reactive ketones (excluding diaryl/α,β-unsaturated/α-hetero) is 1. The lowest BCUT2D eigenvalue weighted by Crippen LogP contribution is -2.10. The van der Waals surface area contributed by atoms with Crippen LogP contribution in [0.4, 0.5) is 0 Å². The second kappa shape index (κ2) is 5.28. The summed E-state index contributed by atoms with van der Waals surface area (Å²) in [6, 6.07) is 9.77. The molecule has 5 nitrogen and oxygen atoms in total. The Morgan fingerprint density at radius 3 is 2.86 bits per heavy atom. The fraction of sp³-hybridized carbons (Fsp3) is 0.125. The van der Waals surface area contributed by atoms with Crippen LogP contribution >= 0.6 is 0 Å². The lowest BCUT2D eigenvalue weighted by Gasteiger charge is -2.06. The molecule has 21 heavy (non-hydrogen) atoms. The maximum Gasteiger partial charge on any atom is 0.336 e. The van der Waals surface area contributed by atoms with Crippen molar-refractivity contribution in [2.24, 2.45) is 0 Å². The van der Waals surface area contributed by atoms with Crippen LogP contribution in [0.25, 0.3) is 11.0 Å². The van der Waals surface area contributed by atoms with E-state index in [0.717, 1.165) is 10.9 Å². The molecule has 2 aromatic heterocycles. The molecule has 0 aliphatic heterocycles. The van der Waals surface area contributed by atoms with Crippen molar-refractivity contribution in [3.05, 3.63) is 64.4 Å². The summed E-state index contributed by atoms with van der Waals surface area (Å²) in [5, 5.41) is 0.833. The smallest absolute Gasteiger partial charge is 0.336 e. The molecular weight excluding hydrogens is 272 g/mol. The zero-order chi connectivity index (χ0) is 14.8. The van der Waals surface area contributed by atoms with Crippen LogP contribution in [0.2, 0.25) is 0 Å². The van der Waals surface area contributed by atoms with E-state index in [1.165, 1.54) is 12.3 Å². The van der Waals surface area contributed by atoms with Gasteiger partial charge in [0.25, 0.3) is 0 Å². The van der Waals surface area contributed by atoms with Gasteiger partial charge in [-0.3, -0.25) is 4.79 Å². The highest BCUT2D eigenvalue weighted by molar-refractivity contribution is 5.94. The van der Waals surface area contributed by atoms with Crippen molar-refractivity contribution in [3.8, 4) is 5.75 Å². The monoisotopic (exact) mass is 284 g/mol. The summed E-state index contributed by atoms with van der Waals surface area (Å²) in [7, 11) is 0. The van der Waals surface area contributed by atoms with Crippen LogP contribution in [-0.2, 0) is 0 Å². The highest BCUT2D eigenvalue weighted by Gasteiger charge is 2.10. The summed E-state index contributed by atoms with van der Waals surface area (Å²) in [5.74, 6) is 0.445. The van der Waals surface area contributed by atoms with Crippen LogP contribution in [0.3, 0.4) is 0 Å². The van der Waals surface area contributed by atoms with Gasteiger partial charge in [0.1, 0.15) is 11.3 Å². The van der Waals surface area contributed by atoms with E-state index < -0.39 is 5.63 Å². The maximum absolute atomic E-state index is 11.8. The van der Waals surface area contributed by atoms with Gasteiger partial charge in [-0.2, -0.15) is 0 Å². The Hall–Kier alpha value is -2.82. The second-order valence-electron chi connectivity index (χ2n) is 4.60. The number of ketones is 1. The quantitative estimate of drug-likeness (QED) is 0.544. The Bertz CT molecular complexity index is 843. The molecule has 106 valence electrons. The molecule has 3 rings (SSSR count). The van der Waals surface area contributed by atoms with E-state index in [0.29, 0.717) is 11.3 Å². The van der Waals surface area contributed by atoms with Crippen LogP contribution in [0.15, 0.2) is 56.3 Å². The molecule has 0 saturated carbocycles. The minimum Gasteiger partial charge on any atom is -0.485 e. The first-order chi connectivity index (χ1) is 10.1. The van der Waals surface area contributed by atoms with Crippen LogP contribution in [-0.4, -0.2) is 12.4 Å². The molecule has 0 aliphatic carbocycles. The molecular formula is C16H12O5. The summed E-state index contributed by atoms with van der Waals surface area (Å²) in [6.07, 6.45) is 1.43. The van der Waals surface area contributed by atoms with Crippen molar-refractivity contribution in [3.63, 3.8) is 0 Å². The molecule has 0 amide bonds. The number of carbonyl (C=O) groups excluding carboxylic acids is 1. The Labute approximate surface area is 119 Å². The van der Waals surface area contributed by atoms with Gasteiger partial charge in [-0.05, 0) is 36.8 Å². The molecule has 0 fully saturated rings. The van der Waals surface area contributed by atoms with Crippen molar-refractivity contribution >= 4 is 16.8 Å². The molecule has 5 heteroatoms. The fourth-order valence-electron chi connectivity index (χ4n) is 2.05. The molecule has 0 unspecified atom stereocenters. The zero-order valence-electron chi connectivity index (χ0n) is 11.3.